The third kappa shape index (κ3) is 5.25. The summed E-state index contributed by atoms with van der Waals surface area (Å²) in [6.45, 7) is 4.79. The van der Waals surface area contributed by atoms with Crippen molar-refractivity contribution < 1.29 is 14.3 Å². The first-order valence-corrected chi connectivity index (χ1v) is 9.10. The van der Waals surface area contributed by atoms with Gasteiger partial charge in [-0.1, -0.05) is 50.2 Å². The first kappa shape index (κ1) is 19.8. The summed E-state index contributed by atoms with van der Waals surface area (Å²) in [7, 11) is 3.21. The average Bonchev–Trinajstić information content (AvgIpc) is 2.65. The van der Waals surface area contributed by atoms with Crippen LogP contribution in [0.2, 0.25) is 0 Å². The van der Waals surface area contributed by atoms with Crippen LogP contribution >= 0.6 is 0 Å². The second kappa shape index (κ2) is 9.85. The van der Waals surface area contributed by atoms with E-state index in [1.807, 2.05) is 36.4 Å². The molecular weight excluding hydrogens is 326 g/mol. The Morgan fingerprint density at radius 2 is 1.69 bits per heavy atom. The van der Waals surface area contributed by atoms with Crippen molar-refractivity contribution >= 4 is 5.91 Å². The molecular formula is C22H29NO3. The van der Waals surface area contributed by atoms with Crippen molar-refractivity contribution in [2.75, 3.05) is 20.8 Å². The summed E-state index contributed by atoms with van der Waals surface area (Å²) >= 11 is 0. The largest absolute Gasteiger partial charge is 0.493 e. The minimum atomic E-state index is -0.216. The van der Waals surface area contributed by atoms with Gasteiger partial charge in [-0.25, -0.2) is 0 Å². The number of amides is 1. The van der Waals surface area contributed by atoms with Gasteiger partial charge in [0.1, 0.15) is 0 Å². The fourth-order valence-electron chi connectivity index (χ4n) is 3.14. The summed E-state index contributed by atoms with van der Waals surface area (Å²) in [6.07, 6.45) is 1.89. The Kier molecular flexibility index (Phi) is 7.52. The van der Waals surface area contributed by atoms with Crippen molar-refractivity contribution in [1.29, 1.82) is 0 Å². The van der Waals surface area contributed by atoms with E-state index in [0.29, 0.717) is 18.0 Å². The van der Waals surface area contributed by atoms with Crippen LogP contribution in [0.15, 0.2) is 48.5 Å². The lowest BCUT2D eigenvalue weighted by Gasteiger charge is -2.22. The molecule has 0 spiro atoms. The molecule has 26 heavy (non-hydrogen) atoms. The number of benzene rings is 2. The number of hydrogen-bond donors (Lipinski definition) is 1. The third-order valence-electron chi connectivity index (χ3n) is 4.50. The van der Waals surface area contributed by atoms with Gasteiger partial charge in [0.25, 0.3) is 0 Å². The summed E-state index contributed by atoms with van der Waals surface area (Å²) in [5.41, 5.74) is 2.24. The van der Waals surface area contributed by atoms with Crippen molar-refractivity contribution in [3.63, 3.8) is 0 Å². The van der Waals surface area contributed by atoms with Gasteiger partial charge in [-0.2, -0.15) is 0 Å². The third-order valence-corrected chi connectivity index (χ3v) is 4.50. The molecule has 1 atom stereocenters. The Morgan fingerprint density at radius 1 is 1.00 bits per heavy atom. The van der Waals surface area contributed by atoms with Crippen molar-refractivity contribution in [2.45, 2.75) is 32.6 Å². The zero-order valence-corrected chi connectivity index (χ0v) is 16.1. The zero-order chi connectivity index (χ0) is 18.9. The summed E-state index contributed by atoms with van der Waals surface area (Å²) in [6, 6.07) is 16.0. The zero-order valence-electron chi connectivity index (χ0n) is 16.1. The van der Waals surface area contributed by atoms with Gasteiger partial charge in [-0.3, -0.25) is 4.79 Å². The number of carbonyl (C=O) groups is 1. The number of hydrogen-bond acceptors (Lipinski definition) is 3. The number of aryl methyl sites for hydroxylation is 1. The minimum Gasteiger partial charge on any atom is -0.493 e. The minimum absolute atomic E-state index is 0.0558. The molecule has 1 amide bonds. The van der Waals surface area contributed by atoms with Crippen molar-refractivity contribution in [1.82, 2.24) is 5.32 Å². The first-order chi connectivity index (χ1) is 12.6. The van der Waals surface area contributed by atoms with E-state index in [9.17, 15) is 4.79 Å². The fourth-order valence-corrected chi connectivity index (χ4v) is 3.14. The van der Waals surface area contributed by atoms with Crippen LogP contribution in [0.3, 0.4) is 0 Å². The highest BCUT2D eigenvalue weighted by molar-refractivity contribution is 5.84. The van der Waals surface area contributed by atoms with Crippen molar-refractivity contribution in [3.05, 3.63) is 59.7 Å². The van der Waals surface area contributed by atoms with E-state index in [1.54, 1.807) is 14.2 Å². The Labute approximate surface area is 156 Å². The molecule has 4 heteroatoms. The van der Waals surface area contributed by atoms with Crippen LogP contribution in [-0.2, 0) is 11.2 Å². The van der Waals surface area contributed by atoms with Crippen LogP contribution < -0.4 is 14.8 Å². The molecule has 0 aliphatic rings. The number of ether oxygens (including phenoxy) is 2. The quantitative estimate of drug-likeness (QED) is 0.686. The standard InChI is InChI=1S/C22H29NO3/c1-16(2)21(18-12-13-19(25-3)20(15-18)26-4)22(24)23-14-8-11-17-9-6-5-7-10-17/h5-7,9-10,12-13,15-16,21H,8,11,14H2,1-4H3,(H,23,24). The van der Waals surface area contributed by atoms with E-state index >= 15 is 0 Å². The summed E-state index contributed by atoms with van der Waals surface area (Å²) in [5.74, 6) is 1.34. The smallest absolute Gasteiger partial charge is 0.227 e. The Hall–Kier alpha value is -2.49. The molecule has 140 valence electrons. The van der Waals surface area contributed by atoms with E-state index in [-0.39, 0.29) is 17.7 Å². The second-order valence-corrected chi connectivity index (χ2v) is 6.72. The molecule has 1 N–H and O–H groups in total. The van der Waals surface area contributed by atoms with Gasteiger partial charge in [0, 0.05) is 6.54 Å². The van der Waals surface area contributed by atoms with Gasteiger partial charge >= 0.3 is 0 Å². The van der Waals surface area contributed by atoms with Crippen LogP contribution in [-0.4, -0.2) is 26.7 Å². The number of methoxy groups -OCH3 is 2. The van der Waals surface area contributed by atoms with Crippen LogP contribution in [0.1, 0.15) is 37.3 Å². The fraction of sp³-hybridized carbons (Fsp3) is 0.409. The Balaban J connectivity index is 1.99. The second-order valence-electron chi connectivity index (χ2n) is 6.72. The Morgan fingerprint density at radius 3 is 2.31 bits per heavy atom. The highest BCUT2D eigenvalue weighted by atomic mass is 16.5. The van der Waals surface area contributed by atoms with E-state index < -0.39 is 0 Å². The summed E-state index contributed by atoms with van der Waals surface area (Å²) in [4.78, 5) is 12.8. The lowest BCUT2D eigenvalue weighted by molar-refractivity contribution is -0.123. The molecule has 0 fully saturated rings. The number of nitrogens with one attached hydrogen (secondary N) is 1. The van der Waals surface area contributed by atoms with Gasteiger partial charge in [0.05, 0.1) is 20.1 Å². The van der Waals surface area contributed by atoms with E-state index in [0.717, 1.165) is 18.4 Å². The molecule has 0 radical (unpaired) electrons. The molecule has 0 saturated heterocycles. The van der Waals surface area contributed by atoms with Gasteiger partial charge in [0.15, 0.2) is 11.5 Å². The van der Waals surface area contributed by atoms with Crippen LogP contribution in [0.25, 0.3) is 0 Å². The Bertz CT molecular complexity index is 698. The maximum Gasteiger partial charge on any atom is 0.227 e. The average molecular weight is 355 g/mol. The lowest BCUT2D eigenvalue weighted by Crippen LogP contribution is -2.33. The highest BCUT2D eigenvalue weighted by Gasteiger charge is 2.25. The molecule has 0 bridgehead atoms. The molecule has 0 aliphatic heterocycles. The summed E-state index contributed by atoms with van der Waals surface area (Å²) < 4.78 is 10.7. The predicted molar refractivity (Wildman–Crippen MR) is 105 cm³/mol. The number of rotatable bonds is 9. The summed E-state index contributed by atoms with van der Waals surface area (Å²) in [5, 5.41) is 3.09. The SMILES string of the molecule is COc1ccc(C(C(=O)NCCCc2ccccc2)C(C)C)cc1OC. The molecule has 2 aromatic carbocycles. The molecule has 0 aromatic heterocycles. The molecule has 2 aromatic rings. The molecule has 0 aliphatic carbocycles. The van der Waals surface area contributed by atoms with Crippen LogP contribution in [0.4, 0.5) is 0 Å². The topological polar surface area (TPSA) is 47.6 Å². The molecule has 0 heterocycles. The normalized spacial score (nSPS) is 11.9. The van der Waals surface area contributed by atoms with Crippen LogP contribution in [0, 0.1) is 5.92 Å². The highest BCUT2D eigenvalue weighted by Crippen LogP contribution is 2.33. The predicted octanol–water partition coefficient (Wildman–Crippen LogP) is 4.19. The van der Waals surface area contributed by atoms with Crippen molar-refractivity contribution in [3.8, 4) is 11.5 Å². The molecule has 0 saturated carbocycles. The molecule has 2 rings (SSSR count). The van der Waals surface area contributed by atoms with Crippen LogP contribution in [0.5, 0.6) is 11.5 Å². The molecule has 1 unspecified atom stereocenters. The van der Waals surface area contributed by atoms with Crippen molar-refractivity contribution in [2.24, 2.45) is 5.92 Å². The van der Waals surface area contributed by atoms with Gasteiger partial charge in [0.2, 0.25) is 5.91 Å². The van der Waals surface area contributed by atoms with Gasteiger partial charge in [-0.15, -0.1) is 0 Å². The lowest BCUT2D eigenvalue weighted by atomic mass is 9.87. The maximum absolute atomic E-state index is 12.8. The maximum atomic E-state index is 12.8. The van der Waals surface area contributed by atoms with Gasteiger partial charge < -0.3 is 14.8 Å². The van der Waals surface area contributed by atoms with E-state index in [1.165, 1.54) is 5.56 Å². The molecule has 4 nitrogen and oxygen atoms in total. The monoisotopic (exact) mass is 355 g/mol. The van der Waals surface area contributed by atoms with E-state index in [2.05, 4.69) is 31.3 Å². The first-order valence-electron chi connectivity index (χ1n) is 9.10. The number of carbonyl (C=O) groups excluding carboxylic acids is 1. The van der Waals surface area contributed by atoms with E-state index in [4.69, 9.17) is 9.47 Å². The van der Waals surface area contributed by atoms with Gasteiger partial charge in [-0.05, 0) is 42.0 Å².